The van der Waals surface area contributed by atoms with Gasteiger partial charge in [-0.1, -0.05) is 13.5 Å². The summed E-state index contributed by atoms with van der Waals surface area (Å²) in [6.45, 7) is 5.80. The van der Waals surface area contributed by atoms with E-state index in [4.69, 9.17) is 0 Å². The molecule has 7 heavy (non-hydrogen) atoms. The van der Waals surface area contributed by atoms with Gasteiger partial charge < -0.3 is 5.32 Å². The van der Waals surface area contributed by atoms with Crippen molar-refractivity contribution in [2.75, 3.05) is 0 Å². The van der Waals surface area contributed by atoms with E-state index in [2.05, 4.69) is 18.8 Å². The number of hydrogen-bond donors (Lipinski definition) is 1. The topological polar surface area (TPSA) is 12.0 Å². The van der Waals surface area contributed by atoms with Crippen molar-refractivity contribution in [2.24, 2.45) is 5.92 Å². The fourth-order valence-corrected chi connectivity index (χ4v) is 0.706. The largest absolute Gasteiger partial charge is 0.388 e. The number of rotatable bonds is 2. The van der Waals surface area contributed by atoms with Crippen LogP contribution in [0.2, 0.25) is 0 Å². The molecule has 0 saturated heterocycles. The summed E-state index contributed by atoms with van der Waals surface area (Å²) >= 11 is 0. The molecule has 40 valence electrons. The fourth-order valence-electron chi connectivity index (χ4n) is 0.706. The van der Waals surface area contributed by atoms with Crippen molar-refractivity contribution >= 4 is 0 Å². The second-order valence-electron chi connectivity index (χ2n) is 2.19. The average molecular weight is 97.2 g/mol. The van der Waals surface area contributed by atoms with Gasteiger partial charge in [0, 0.05) is 6.04 Å². The van der Waals surface area contributed by atoms with Crippen LogP contribution in [0.4, 0.5) is 0 Å². The Kier molecular flexibility index (Phi) is 1.05. The molecule has 1 unspecified atom stereocenters. The summed E-state index contributed by atoms with van der Waals surface area (Å²) in [7, 11) is 0. The SMILES string of the molecule is C=CNC1C[C@H]1C. The van der Waals surface area contributed by atoms with Gasteiger partial charge in [0.05, 0.1) is 0 Å². The minimum Gasteiger partial charge on any atom is -0.388 e. The van der Waals surface area contributed by atoms with Gasteiger partial charge in [-0.2, -0.15) is 0 Å². The first-order valence-electron chi connectivity index (χ1n) is 2.71. The first-order valence-corrected chi connectivity index (χ1v) is 2.71. The summed E-state index contributed by atoms with van der Waals surface area (Å²) < 4.78 is 0. The second-order valence-corrected chi connectivity index (χ2v) is 2.19. The molecule has 0 spiro atoms. The highest BCUT2D eigenvalue weighted by atomic mass is 14.9. The summed E-state index contributed by atoms with van der Waals surface area (Å²) in [5.41, 5.74) is 0. The Bertz CT molecular complexity index is 78.2. The average Bonchev–Trinajstić information content (AvgIpc) is 2.22. The van der Waals surface area contributed by atoms with Crippen molar-refractivity contribution in [1.82, 2.24) is 5.32 Å². The summed E-state index contributed by atoms with van der Waals surface area (Å²) in [6.07, 6.45) is 3.10. The predicted molar refractivity (Wildman–Crippen MR) is 30.9 cm³/mol. The third kappa shape index (κ3) is 0.952. The molecular formula is C6H11N. The van der Waals surface area contributed by atoms with Crippen LogP contribution in [0.15, 0.2) is 12.8 Å². The summed E-state index contributed by atoms with van der Waals surface area (Å²) in [5, 5.41) is 3.13. The zero-order valence-electron chi connectivity index (χ0n) is 4.65. The minimum atomic E-state index is 0.748. The molecule has 1 aliphatic carbocycles. The molecule has 1 N–H and O–H groups in total. The lowest BCUT2D eigenvalue weighted by Crippen LogP contribution is -2.07. The first kappa shape index (κ1) is 4.69. The summed E-state index contributed by atoms with van der Waals surface area (Å²) in [4.78, 5) is 0. The zero-order valence-corrected chi connectivity index (χ0v) is 4.65. The molecule has 0 aromatic heterocycles. The highest BCUT2D eigenvalue weighted by Gasteiger charge is 2.30. The van der Waals surface area contributed by atoms with E-state index in [1.807, 2.05) is 0 Å². The molecule has 1 fully saturated rings. The van der Waals surface area contributed by atoms with E-state index >= 15 is 0 Å². The molecule has 0 radical (unpaired) electrons. The van der Waals surface area contributed by atoms with E-state index in [9.17, 15) is 0 Å². The van der Waals surface area contributed by atoms with Gasteiger partial charge in [-0.15, -0.1) is 0 Å². The maximum Gasteiger partial charge on any atom is 0.0285 e. The summed E-state index contributed by atoms with van der Waals surface area (Å²) in [5.74, 6) is 0.887. The first-order chi connectivity index (χ1) is 3.34. The molecule has 0 heterocycles. The van der Waals surface area contributed by atoms with E-state index < -0.39 is 0 Å². The van der Waals surface area contributed by atoms with Gasteiger partial charge in [-0.25, -0.2) is 0 Å². The van der Waals surface area contributed by atoms with Gasteiger partial charge in [0.15, 0.2) is 0 Å². The van der Waals surface area contributed by atoms with Gasteiger partial charge in [0.25, 0.3) is 0 Å². The smallest absolute Gasteiger partial charge is 0.0285 e. The van der Waals surface area contributed by atoms with Crippen molar-refractivity contribution < 1.29 is 0 Å². The molecule has 2 atom stereocenters. The predicted octanol–water partition coefficient (Wildman–Crippen LogP) is 1.13. The van der Waals surface area contributed by atoms with Crippen molar-refractivity contribution in [2.45, 2.75) is 19.4 Å². The lowest BCUT2D eigenvalue weighted by Gasteiger charge is -1.90. The Morgan fingerprint density at radius 2 is 2.43 bits per heavy atom. The van der Waals surface area contributed by atoms with E-state index in [0.717, 1.165) is 12.0 Å². The molecule has 1 rings (SSSR count). The van der Waals surface area contributed by atoms with Gasteiger partial charge in [0.1, 0.15) is 0 Å². The molecule has 1 nitrogen and oxygen atoms in total. The molecule has 0 amide bonds. The molecule has 1 heteroatoms. The number of nitrogens with one attached hydrogen (secondary N) is 1. The van der Waals surface area contributed by atoms with E-state index in [-0.39, 0.29) is 0 Å². The van der Waals surface area contributed by atoms with Crippen LogP contribution in [0.3, 0.4) is 0 Å². The Hall–Kier alpha value is -0.460. The van der Waals surface area contributed by atoms with Crippen molar-refractivity contribution in [3.63, 3.8) is 0 Å². The lowest BCUT2D eigenvalue weighted by atomic mass is 10.5. The standard InChI is InChI=1S/C6H11N/c1-3-7-6-4-5(6)2/h3,5-7H,1,4H2,2H3/t5-,6?/m1/s1. The molecule has 0 aromatic carbocycles. The third-order valence-electron chi connectivity index (χ3n) is 1.44. The molecule has 1 saturated carbocycles. The van der Waals surface area contributed by atoms with Crippen molar-refractivity contribution in [3.8, 4) is 0 Å². The maximum absolute atomic E-state index is 3.56. The molecule has 0 aliphatic heterocycles. The normalized spacial score (nSPS) is 37.3. The van der Waals surface area contributed by atoms with Crippen LogP contribution in [0.5, 0.6) is 0 Å². The number of hydrogen-bond acceptors (Lipinski definition) is 1. The third-order valence-corrected chi connectivity index (χ3v) is 1.44. The van der Waals surface area contributed by atoms with Crippen LogP contribution in [0, 0.1) is 5.92 Å². The Labute approximate surface area is 44.4 Å². The van der Waals surface area contributed by atoms with Gasteiger partial charge in [0.2, 0.25) is 0 Å². The van der Waals surface area contributed by atoms with Gasteiger partial charge in [-0.3, -0.25) is 0 Å². The Balaban J connectivity index is 2.08. The van der Waals surface area contributed by atoms with E-state index in [0.29, 0.717) is 0 Å². The Morgan fingerprint density at radius 1 is 1.86 bits per heavy atom. The van der Waals surface area contributed by atoms with Crippen molar-refractivity contribution in [3.05, 3.63) is 12.8 Å². The Morgan fingerprint density at radius 3 is 2.57 bits per heavy atom. The molecule has 0 aromatic rings. The second kappa shape index (κ2) is 1.57. The maximum atomic E-state index is 3.56. The summed E-state index contributed by atoms with van der Waals surface area (Å²) in [6, 6.07) is 0.748. The monoisotopic (exact) mass is 97.1 g/mol. The highest BCUT2D eigenvalue weighted by Crippen LogP contribution is 2.28. The van der Waals surface area contributed by atoms with Crippen LogP contribution in [-0.2, 0) is 0 Å². The highest BCUT2D eigenvalue weighted by molar-refractivity contribution is 4.92. The van der Waals surface area contributed by atoms with Crippen LogP contribution in [0.1, 0.15) is 13.3 Å². The lowest BCUT2D eigenvalue weighted by molar-refractivity contribution is 0.785. The minimum absolute atomic E-state index is 0.748. The van der Waals surface area contributed by atoms with Crippen molar-refractivity contribution in [1.29, 1.82) is 0 Å². The van der Waals surface area contributed by atoms with Gasteiger partial charge >= 0.3 is 0 Å². The van der Waals surface area contributed by atoms with Crippen LogP contribution < -0.4 is 5.32 Å². The molecular weight excluding hydrogens is 86.1 g/mol. The van der Waals surface area contributed by atoms with E-state index in [1.54, 1.807) is 6.20 Å². The quantitative estimate of drug-likeness (QED) is 0.544. The molecule has 1 aliphatic rings. The zero-order chi connectivity index (χ0) is 5.28. The fraction of sp³-hybridized carbons (Fsp3) is 0.667. The van der Waals surface area contributed by atoms with Crippen LogP contribution in [-0.4, -0.2) is 6.04 Å². The van der Waals surface area contributed by atoms with E-state index in [1.165, 1.54) is 6.42 Å². The van der Waals surface area contributed by atoms with Crippen LogP contribution in [0.25, 0.3) is 0 Å². The van der Waals surface area contributed by atoms with Gasteiger partial charge in [-0.05, 0) is 18.5 Å². The van der Waals surface area contributed by atoms with Crippen LogP contribution >= 0.6 is 0 Å². The molecule has 0 bridgehead atoms.